The van der Waals surface area contributed by atoms with E-state index >= 15 is 0 Å². The summed E-state index contributed by atoms with van der Waals surface area (Å²) >= 11 is 0. The number of non-ortho nitro benzene ring substituents is 1. The molecule has 0 saturated carbocycles. The van der Waals surface area contributed by atoms with Crippen LogP contribution in [0, 0.1) is 23.0 Å². The molecule has 0 aromatic heterocycles. The van der Waals surface area contributed by atoms with Crippen molar-refractivity contribution in [2.45, 2.75) is 31.8 Å². The first-order valence-electron chi connectivity index (χ1n) is 9.27. The Kier molecular flexibility index (Phi) is 5.72. The maximum atomic E-state index is 13.2. The molecule has 1 fully saturated rings. The van der Waals surface area contributed by atoms with Crippen molar-refractivity contribution in [2.75, 3.05) is 13.1 Å². The molecule has 3 rings (SSSR count). The van der Waals surface area contributed by atoms with Crippen LogP contribution in [0.5, 0.6) is 0 Å². The van der Waals surface area contributed by atoms with E-state index in [1.807, 2.05) is 20.8 Å². The lowest BCUT2D eigenvalue weighted by molar-refractivity contribution is -0.384. The fraction of sp³-hybridized carbons (Fsp3) is 0.350. The van der Waals surface area contributed by atoms with E-state index in [1.165, 1.54) is 33.5 Å². The Labute approximate surface area is 169 Å². The summed E-state index contributed by atoms with van der Waals surface area (Å²) in [6.45, 7) is 6.06. The van der Waals surface area contributed by atoms with Crippen molar-refractivity contribution < 1.29 is 18.1 Å². The zero-order chi connectivity index (χ0) is 21.3. The number of carbonyl (C=O) groups is 1. The monoisotopic (exact) mass is 417 g/mol. The van der Waals surface area contributed by atoms with E-state index in [0.29, 0.717) is 0 Å². The summed E-state index contributed by atoms with van der Waals surface area (Å²) in [5, 5.41) is 10.8. The number of amides is 1. The number of nitro benzene ring substituents is 1. The lowest BCUT2D eigenvalue weighted by Crippen LogP contribution is -2.47. The highest BCUT2D eigenvalue weighted by atomic mass is 32.2. The molecule has 29 heavy (non-hydrogen) atoms. The van der Waals surface area contributed by atoms with E-state index in [-0.39, 0.29) is 41.1 Å². The molecule has 0 radical (unpaired) electrons. The van der Waals surface area contributed by atoms with Gasteiger partial charge in [-0.2, -0.15) is 4.31 Å². The molecule has 1 amide bonds. The van der Waals surface area contributed by atoms with Gasteiger partial charge in [-0.05, 0) is 37.1 Å². The Morgan fingerprint density at radius 2 is 1.66 bits per heavy atom. The van der Waals surface area contributed by atoms with Gasteiger partial charge in [-0.25, -0.2) is 8.42 Å². The van der Waals surface area contributed by atoms with E-state index in [1.54, 1.807) is 24.3 Å². The standard InChI is InChI=1S/C20H23N3O5S/c1-14(2)19-21(20(24)16-6-8-17(9-7-16)23(25)26)12-13-22(19)29(27,28)18-10-4-15(3)5-11-18/h4-11,14,19H,12-13H2,1-3H3. The molecule has 1 unspecified atom stereocenters. The first-order chi connectivity index (χ1) is 13.6. The minimum absolute atomic E-state index is 0.105. The number of rotatable bonds is 5. The van der Waals surface area contributed by atoms with Gasteiger partial charge >= 0.3 is 0 Å². The fourth-order valence-corrected chi connectivity index (χ4v) is 5.25. The molecule has 1 atom stereocenters. The minimum Gasteiger partial charge on any atom is -0.320 e. The summed E-state index contributed by atoms with van der Waals surface area (Å²) in [6, 6.07) is 12.0. The van der Waals surface area contributed by atoms with Crippen LogP contribution in [0.15, 0.2) is 53.4 Å². The van der Waals surface area contributed by atoms with Gasteiger partial charge in [0.2, 0.25) is 10.0 Å². The molecule has 1 saturated heterocycles. The number of hydrogen-bond donors (Lipinski definition) is 0. The molecular formula is C20H23N3O5S. The van der Waals surface area contributed by atoms with Gasteiger partial charge in [0.1, 0.15) is 6.17 Å². The molecule has 1 aliphatic heterocycles. The molecule has 2 aromatic carbocycles. The Morgan fingerprint density at radius 3 is 2.17 bits per heavy atom. The number of nitro groups is 1. The largest absolute Gasteiger partial charge is 0.320 e. The number of nitrogens with zero attached hydrogens (tertiary/aromatic N) is 3. The minimum atomic E-state index is -3.77. The second-order valence-electron chi connectivity index (χ2n) is 7.39. The van der Waals surface area contributed by atoms with E-state index in [9.17, 15) is 23.3 Å². The van der Waals surface area contributed by atoms with E-state index < -0.39 is 21.1 Å². The predicted molar refractivity (Wildman–Crippen MR) is 108 cm³/mol. The van der Waals surface area contributed by atoms with Crippen molar-refractivity contribution in [1.29, 1.82) is 0 Å². The number of benzene rings is 2. The summed E-state index contributed by atoms with van der Waals surface area (Å²) < 4.78 is 27.8. The third-order valence-electron chi connectivity index (χ3n) is 4.99. The fourth-order valence-electron chi connectivity index (χ4n) is 3.54. The van der Waals surface area contributed by atoms with Gasteiger partial charge in [-0.1, -0.05) is 31.5 Å². The van der Waals surface area contributed by atoms with Crippen LogP contribution < -0.4 is 0 Å². The van der Waals surface area contributed by atoms with Crippen LogP contribution in [0.4, 0.5) is 5.69 Å². The predicted octanol–water partition coefficient (Wildman–Crippen LogP) is 3.03. The van der Waals surface area contributed by atoms with Crippen molar-refractivity contribution in [3.05, 3.63) is 69.8 Å². The number of hydrogen-bond acceptors (Lipinski definition) is 5. The van der Waals surface area contributed by atoms with Gasteiger partial charge < -0.3 is 4.90 Å². The summed E-state index contributed by atoms with van der Waals surface area (Å²) in [6.07, 6.45) is -0.635. The molecule has 0 N–H and O–H groups in total. The van der Waals surface area contributed by atoms with Crippen LogP contribution in [0.25, 0.3) is 0 Å². The topological polar surface area (TPSA) is 101 Å². The van der Waals surface area contributed by atoms with Crippen molar-refractivity contribution in [3.63, 3.8) is 0 Å². The SMILES string of the molecule is Cc1ccc(S(=O)(=O)N2CCN(C(=O)c3ccc([N+](=O)[O-])cc3)C2C(C)C)cc1. The van der Waals surface area contributed by atoms with Crippen molar-refractivity contribution in [2.24, 2.45) is 5.92 Å². The van der Waals surface area contributed by atoms with Gasteiger partial charge in [-0.15, -0.1) is 0 Å². The Bertz CT molecular complexity index is 1020. The zero-order valence-electron chi connectivity index (χ0n) is 16.5. The van der Waals surface area contributed by atoms with Crippen molar-refractivity contribution >= 4 is 21.6 Å². The molecule has 9 heteroatoms. The van der Waals surface area contributed by atoms with Gasteiger partial charge in [-0.3, -0.25) is 14.9 Å². The van der Waals surface area contributed by atoms with Gasteiger partial charge in [0.05, 0.1) is 9.82 Å². The average Bonchev–Trinajstić information content (AvgIpc) is 3.14. The van der Waals surface area contributed by atoms with Gasteiger partial charge in [0.25, 0.3) is 11.6 Å². The third-order valence-corrected chi connectivity index (χ3v) is 6.87. The van der Waals surface area contributed by atoms with Crippen LogP contribution >= 0.6 is 0 Å². The van der Waals surface area contributed by atoms with Crippen LogP contribution in [0.2, 0.25) is 0 Å². The van der Waals surface area contributed by atoms with Crippen LogP contribution in [-0.4, -0.2) is 47.7 Å². The molecule has 0 aliphatic carbocycles. The van der Waals surface area contributed by atoms with Crippen LogP contribution in [0.1, 0.15) is 29.8 Å². The maximum absolute atomic E-state index is 13.2. The normalized spacial score (nSPS) is 17.7. The highest BCUT2D eigenvalue weighted by Gasteiger charge is 2.44. The first kappa shape index (κ1) is 20.9. The van der Waals surface area contributed by atoms with Crippen LogP contribution in [-0.2, 0) is 10.0 Å². The highest BCUT2D eigenvalue weighted by molar-refractivity contribution is 7.89. The van der Waals surface area contributed by atoms with E-state index in [4.69, 9.17) is 0 Å². The Balaban J connectivity index is 1.91. The van der Waals surface area contributed by atoms with Gasteiger partial charge in [0.15, 0.2) is 0 Å². The lowest BCUT2D eigenvalue weighted by atomic mass is 10.1. The van der Waals surface area contributed by atoms with Crippen molar-refractivity contribution in [1.82, 2.24) is 9.21 Å². The summed E-state index contributed by atoms with van der Waals surface area (Å²) in [4.78, 5) is 25.0. The average molecular weight is 417 g/mol. The molecular weight excluding hydrogens is 394 g/mol. The maximum Gasteiger partial charge on any atom is 0.269 e. The van der Waals surface area contributed by atoms with Crippen molar-refractivity contribution in [3.8, 4) is 0 Å². The number of sulfonamides is 1. The molecule has 8 nitrogen and oxygen atoms in total. The second kappa shape index (κ2) is 7.92. The van der Waals surface area contributed by atoms with E-state index in [0.717, 1.165) is 5.56 Å². The van der Waals surface area contributed by atoms with Crippen LogP contribution in [0.3, 0.4) is 0 Å². The second-order valence-corrected chi connectivity index (χ2v) is 9.28. The highest BCUT2D eigenvalue weighted by Crippen LogP contribution is 2.30. The quantitative estimate of drug-likeness (QED) is 0.550. The Hall–Kier alpha value is -2.78. The number of carbonyl (C=O) groups excluding carboxylic acids is 1. The lowest BCUT2D eigenvalue weighted by Gasteiger charge is -2.32. The molecule has 154 valence electrons. The smallest absolute Gasteiger partial charge is 0.269 e. The molecule has 1 aliphatic rings. The third kappa shape index (κ3) is 4.01. The molecule has 0 bridgehead atoms. The zero-order valence-corrected chi connectivity index (χ0v) is 17.3. The summed E-state index contributed by atoms with van der Waals surface area (Å²) in [5.74, 6) is -0.486. The first-order valence-corrected chi connectivity index (χ1v) is 10.7. The summed E-state index contributed by atoms with van der Waals surface area (Å²) in [5.41, 5.74) is 1.14. The summed E-state index contributed by atoms with van der Waals surface area (Å²) in [7, 11) is -3.77. The molecule has 2 aromatic rings. The Morgan fingerprint density at radius 1 is 1.07 bits per heavy atom. The van der Waals surface area contributed by atoms with Gasteiger partial charge in [0, 0.05) is 30.8 Å². The number of aryl methyl sites for hydroxylation is 1. The molecule has 1 heterocycles. The van der Waals surface area contributed by atoms with E-state index in [2.05, 4.69) is 0 Å². The molecule has 0 spiro atoms.